The van der Waals surface area contributed by atoms with Crippen molar-refractivity contribution in [2.45, 2.75) is 6.42 Å². The normalized spacial score (nSPS) is 13.7. The van der Waals surface area contributed by atoms with Crippen molar-refractivity contribution in [3.8, 4) is 11.5 Å². The zero-order chi connectivity index (χ0) is 22.5. The third-order valence-electron chi connectivity index (χ3n) is 5.34. The van der Waals surface area contributed by atoms with E-state index in [4.69, 9.17) is 21.1 Å². The lowest BCUT2D eigenvalue weighted by Crippen LogP contribution is -2.49. The second-order valence-electron chi connectivity index (χ2n) is 7.36. The predicted molar refractivity (Wildman–Crippen MR) is 129 cm³/mol. The van der Waals surface area contributed by atoms with Gasteiger partial charge in [0.05, 0.1) is 32.0 Å². The van der Waals surface area contributed by atoms with Crippen molar-refractivity contribution < 1.29 is 14.3 Å². The van der Waals surface area contributed by atoms with Gasteiger partial charge in [0.1, 0.15) is 11.5 Å². The fourth-order valence-corrected chi connectivity index (χ4v) is 4.53. The third-order valence-corrected chi connectivity index (χ3v) is 6.38. The van der Waals surface area contributed by atoms with Crippen LogP contribution in [0.5, 0.6) is 11.5 Å². The standard InChI is InChI=1S/C23H25ClN4O3S/c1-30-19-6-7-21(31-2)20(14-19)26-23-25-17(15-32-23)13-22(29)28-10-8-27(9-11-28)18-5-3-4-16(24)12-18/h3-7,12,14-15H,8-11,13H2,1-2H3,(H,25,26). The first-order valence-electron chi connectivity index (χ1n) is 10.3. The molecule has 1 aromatic heterocycles. The van der Waals surface area contributed by atoms with Gasteiger partial charge in [-0.1, -0.05) is 17.7 Å². The van der Waals surface area contributed by atoms with E-state index in [-0.39, 0.29) is 12.3 Å². The van der Waals surface area contributed by atoms with Crippen molar-refractivity contribution in [1.29, 1.82) is 0 Å². The maximum absolute atomic E-state index is 12.8. The molecule has 1 amide bonds. The second kappa shape index (κ2) is 10.1. The Morgan fingerprint density at radius 1 is 1.12 bits per heavy atom. The van der Waals surface area contributed by atoms with Crippen LogP contribution in [-0.2, 0) is 11.2 Å². The van der Waals surface area contributed by atoms with Crippen LogP contribution >= 0.6 is 22.9 Å². The molecule has 3 aromatic rings. The number of aromatic nitrogens is 1. The molecular weight excluding hydrogens is 448 g/mol. The van der Waals surface area contributed by atoms with E-state index in [1.165, 1.54) is 11.3 Å². The smallest absolute Gasteiger partial charge is 0.228 e. The minimum Gasteiger partial charge on any atom is -0.497 e. The Hall–Kier alpha value is -2.97. The average molecular weight is 473 g/mol. The highest BCUT2D eigenvalue weighted by Gasteiger charge is 2.22. The zero-order valence-electron chi connectivity index (χ0n) is 18.0. The van der Waals surface area contributed by atoms with Crippen LogP contribution in [-0.4, -0.2) is 56.2 Å². The summed E-state index contributed by atoms with van der Waals surface area (Å²) < 4.78 is 10.7. The maximum atomic E-state index is 12.8. The van der Waals surface area contributed by atoms with Crippen molar-refractivity contribution in [1.82, 2.24) is 9.88 Å². The number of methoxy groups -OCH3 is 2. The van der Waals surface area contributed by atoms with Crippen molar-refractivity contribution in [3.05, 3.63) is 58.6 Å². The minimum absolute atomic E-state index is 0.0894. The van der Waals surface area contributed by atoms with Gasteiger partial charge in [-0.2, -0.15) is 0 Å². The quantitative estimate of drug-likeness (QED) is 0.548. The number of ether oxygens (including phenoxy) is 2. The van der Waals surface area contributed by atoms with Crippen molar-refractivity contribution >= 4 is 45.4 Å². The minimum atomic E-state index is 0.0894. The van der Waals surface area contributed by atoms with E-state index in [0.717, 1.165) is 40.9 Å². The maximum Gasteiger partial charge on any atom is 0.228 e. The molecule has 168 valence electrons. The van der Waals surface area contributed by atoms with Gasteiger partial charge in [0.2, 0.25) is 5.91 Å². The molecule has 1 aliphatic heterocycles. The highest BCUT2D eigenvalue weighted by Crippen LogP contribution is 2.32. The van der Waals surface area contributed by atoms with Crippen molar-refractivity contribution in [3.63, 3.8) is 0 Å². The Morgan fingerprint density at radius 3 is 2.66 bits per heavy atom. The lowest BCUT2D eigenvalue weighted by Gasteiger charge is -2.36. The van der Waals surface area contributed by atoms with Gasteiger partial charge < -0.3 is 24.6 Å². The van der Waals surface area contributed by atoms with Gasteiger partial charge in [-0.25, -0.2) is 4.98 Å². The van der Waals surface area contributed by atoms with E-state index in [1.807, 2.05) is 52.7 Å². The van der Waals surface area contributed by atoms with Gasteiger partial charge in [0.15, 0.2) is 5.13 Å². The Labute approximate surface area is 196 Å². The number of hydrogen-bond donors (Lipinski definition) is 1. The Morgan fingerprint density at radius 2 is 1.94 bits per heavy atom. The molecule has 0 saturated carbocycles. The number of carbonyl (C=O) groups is 1. The van der Waals surface area contributed by atoms with Crippen molar-refractivity contribution in [2.24, 2.45) is 0 Å². The van der Waals surface area contributed by atoms with E-state index < -0.39 is 0 Å². The first kappa shape index (κ1) is 22.2. The van der Waals surface area contributed by atoms with E-state index in [0.29, 0.717) is 24.0 Å². The van der Waals surface area contributed by atoms with Crippen LogP contribution < -0.4 is 19.7 Å². The predicted octanol–water partition coefficient (Wildman–Crippen LogP) is 4.45. The number of halogens is 1. The number of nitrogens with zero attached hydrogens (tertiary/aromatic N) is 3. The first-order chi connectivity index (χ1) is 15.6. The van der Waals surface area contributed by atoms with Crippen LogP contribution in [0.15, 0.2) is 47.8 Å². The van der Waals surface area contributed by atoms with Crippen LogP contribution in [0, 0.1) is 0 Å². The highest BCUT2D eigenvalue weighted by atomic mass is 35.5. The first-order valence-corrected chi connectivity index (χ1v) is 11.5. The molecule has 1 N–H and O–H groups in total. The highest BCUT2D eigenvalue weighted by molar-refractivity contribution is 7.13. The number of carbonyl (C=O) groups excluding carboxylic acids is 1. The number of benzene rings is 2. The van der Waals surface area contributed by atoms with Gasteiger partial charge in [-0.3, -0.25) is 4.79 Å². The van der Waals surface area contributed by atoms with Crippen LogP contribution in [0.1, 0.15) is 5.69 Å². The Balaban J connectivity index is 1.33. The van der Waals surface area contributed by atoms with Gasteiger partial charge in [0.25, 0.3) is 0 Å². The number of amides is 1. The van der Waals surface area contributed by atoms with Crippen LogP contribution in [0.25, 0.3) is 0 Å². The Kier molecular flexibility index (Phi) is 7.02. The summed E-state index contributed by atoms with van der Waals surface area (Å²) in [4.78, 5) is 21.5. The van der Waals surface area contributed by atoms with E-state index >= 15 is 0 Å². The SMILES string of the molecule is COc1ccc(OC)c(Nc2nc(CC(=O)N3CCN(c4cccc(Cl)c4)CC3)cs2)c1. The molecular formula is C23H25ClN4O3S. The number of anilines is 3. The zero-order valence-corrected chi connectivity index (χ0v) is 19.6. The molecule has 7 nitrogen and oxygen atoms in total. The van der Waals surface area contributed by atoms with Crippen LogP contribution in [0.3, 0.4) is 0 Å². The molecule has 0 radical (unpaired) electrons. The third kappa shape index (κ3) is 5.26. The van der Waals surface area contributed by atoms with Crippen LogP contribution in [0.2, 0.25) is 5.02 Å². The average Bonchev–Trinajstić information content (AvgIpc) is 3.25. The summed E-state index contributed by atoms with van der Waals surface area (Å²) in [6.45, 7) is 2.93. The number of piperazine rings is 1. The van der Waals surface area contributed by atoms with E-state index in [9.17, 15) is 4.79 Å². The van der Waals surface area contributed by atoms with Gasteiger partial charge in [-0.05, 0) is 30.3 Å². The van der Waals surface area contributed by atoms with Crippen LogP contribution in [0.4, 0.5) is 16.5 Å². The topological polar surface area (TPSA) is 66.9 Å². The number of nitrogens with one attached hydrogen (secondary N) is 1. The molecule has 2 aromatic carbocycles. The Bertz CT molecular complexity index is 1080. The summed E-state index contributed by atoms with van der Waals surface area (Å²) in [6.07, 6.45) is 0.282. The molecule has 1 aliphatic rings. The summed E-state index contributed by atoms with van der Waals surface area (Å²) >= 11 is 7.56. The summed E-state index contributed by atoms with van der Waals surface area (Å²) in [7, 11) is 3.23. The van der Waals surface area contributed by atoms with E-state index in [1.54, 1.807) is 14.2 Å². The summed E-state index contributed by atoms with van der Waals surface area (Å²) in [6, 6.07) is 13.3. The lowest BCUT2D eigenvalue weighted by atomic mass is 10.2. The molecule has 4 rings (SSSR count). The summed E-state index contributed by atoms with van der Waals surface area (Å²) in [5, 5.41) is 6.59. The summed E-state index contributed by atoms with van der Waals surface area (Å²) in [5.41, 5.74) is 2.60. The molecule has 0 bridgehead atoms. The molecule has 32 heavy (non-hydrogen) atoms. The monoisotopic (exact) mass is 472 g/mol. The molecule has 0 atom stereocenters. The fraction of sp³-hybridized carbons (Fsp3) is 0.304. The van der Waals surface area contributed by atoms with Crippen molar-refractivity contribution in [2.75, 3.05) is 50.6 Å². The summed E-state index contributed by atoms with van der Waals surface area (Å²) in [5.74, 6) is 1.50. The molecule has 1 saturated heterocycles. The van der Waals surface area contributed by atoms with Gasteiger partial charge in [0, 0.05) is 48.3 Å². The fourth-order valence-electron chi connectivity index (χ4n) is 3.63. The van der Waals surface area contributed by atoms with Gasteiger partial charge >= 0.3 is 0 Å². The molecule has 0 unspecified atom stereocenters. The molecule has 2 heterocycles. The number of thiazole rings is 1. The molecule has 0 spiro atoms. The second-order valence-corrected chi connectivity index (χ2v) is 8.65. The molecule has 9 heteroatoms. The largest absolute Gasteiger partial charge is 0.497 e. The van der Waals surface area contributed by atoms with Gasteiger partial charge in [-0.15, -0.1) is 11.3 Å². The molecule has 0 aliphatic carbocycles. The number of rotatable bonds is 7. The lowest BCUT2D eigenvalue weighted by molar-refractivity contribution is -0.130. The molecule has 1 fully saturated rings. The number of hydrogen-bond acceptors (Lipinski definition) is 7. The van der Waals surface area contributed by atoms with E-state index in [2.05, 4.69) is 15.2 Å².